The van der Waals surface area contributed by atoms with Crippen molar-refractivity contribution >= 4 is 111 Å². The summed E-state index contributed by atoms with van der Waals surface area (Å²) in [5, 5.41) is 39.3. The van der Waals surface area contributed by atoms with Gasteiger partial charge in [-0.3, -0.25) is 15.8 Å². The number of amidine groups is 2. The van der Waals surface area contributed by atoms with Gasteiger partial charge < -0.3 is 99.0 Å². The van der Waals surface area contributed by atoms with Crippen molar-refractivity contribution in [1.29, 1.82) is 16.2 Å². The van der Waals surface area contributed by atoms with Crippen LogP contribution in [-0.2, 0) is 24.2 Å². The Bertz CT molecular complexity index is 4850. The van der Waals surface area contributed by atoms with Gasteiger partial charge in [0.05, 0.1) is 86.7 Å². The summed E-state index contributed by atoms with van der Waals surface area (Å²) in [4.78, 5) is 26.7. The van der Waals surface area contributed by atoms with E-state index in [0.29, 0.717) is 70.9 Å². The molecule has 5 saturated heterocycles. The van der Waals surface area contributed by atoms with Gasteiger partial charge in [0, 0.05) is 149 Å². The fourth-order valence-electron chi connectivity index (χ4n) is 15.4. The first kappa shape index (κ1) is 114. The van der Waals surface area contributed by atoms with E-state index in [9.17, 15) is 31.4 Å². The summed E-state index contributed by atoms with van der Waals surface area (Å²) in [5.41, 5.74) is 15.2. The summed E-state index contributed by atoms with van der Waals surface area (Å²) in [6, 6.07) is 55.3. The minimum absolute atomic E-state index is 0.0165. The zero-order valence-corrected chi connectivity index (χ0v) is 86.5. The van der Waals surface area contributed by atoms with Crippen LogP contribution >= 0.6 is 59.4 Å². The van der Waals surface area contributed by atoms with E-state index in [4.69, 9.17) is 62.0 Å². The molecule has 6 heterocycles. The topological polar surface area (TPSA) is 248 Å². The van der Waals surface area contributed by atoms with Crippen LogP contribution in [0.25, 0.3) is 0 Å². The molecular formula is C103H144Br3ClF6N17O7+. The largest absolute Gasteiger partial charge is 0.504 e. The first-order valence-electron chi connectivity index (χ1n) is 47.3. The Kier molecular flexibility index (Phi) is 53.6. The molecule has 0 aliphatic carbocycles. The highest BCUT2D eigenvalue weighted by Crippen LogP contribution is 2.34. The van der Waals surface area contributed by atoms with E-state index in [2.05, 4.69) is 172 Å². The zero-order valence-electron chi connectivity index (χ0n) is 81.0. The van der Waals surface area contributed by atoms with Crippen LogP contribution in [0.1, 0.15) is 108 Å². The Morgan fingerprint density at radius 1 is 0.540 bits per heavy atom. The van der Waals surface area contributed by atoms with Gasteiger partial charge in [0.2, 0.25) is 0 Å². The number of likely N-dealkylation sites (N-methyl/N-ethyl adjacent to an activating group) is 2. The highest BCUT2D eigenvalue weighted by atomic mass is 79.9. The molecule has 0 saturated carbocycles. The van der Waals surface area contributed by atoms with Crippen molar-refractivity contribution in [1.82, 2.24) is 30.2 Å². The van der Waals surface area contributed by atoms with Crippen LogP contribution < -0.4 is 59.7 Å². The lowest BCUT2D eigenvalue weighted by atomic mass is 10.1. The van der Waals surface area contributed by atoms with Crippen LogP contribution in [0.15, 0.2) is 199 Å². The van der Waals surface area contributed by atoms with Gasteiger partial charge in [-0.1, -0.05) is 101 Å². The normalized spacial score (nSPS) is 15.6. The molecule has 8 N–H and O–H groups in total. The number of hydrogen-bond donors (Lipinski definition) is 7. The second-order valence-corrected chi connectivity index (χ2v) is 36.8. The molecule has 5 fully saturated rings. The van der Waals surface area contributed by atoms with Crippen LogP contribution in [0.4, 0.5) is 49.1 Å². The predicted molar refractivity (Wildman–Crippen MR) is 560 cm³/mol. The quantitative estimate of drug-likeness (QED) is 0.00896. The number of guanidine groups is 2. The minimum atomic E-state index is -0.572. The zero-order chi connectivity index (χ0) is 99.1. The maximum absolute atomic E-state index is 12.9. The number of rotatable bonds is 32. The lowest BCUT2D eigenvalue weighted by Gasteiger charge is -2.42. The molecule has 34 heteroatoms. The predicted octanol–water partition coefficient (Wildman–Crippen LogP) is 20.5. The molecular weight excluding hydrogens is 1980 g/mol. The summed E-state index contributed by atoms with van der Waals surface area (Å²) < 4.78 is 108. The SMILES string of the molecule is CC(=N)Cc1ccc(OCCF)c(Cl)c1.CC(=N)N1CCN(c2ccc(OCCF)c(Br)c2)CC1.CC(=N)N1CCN(c2ccc(OCCF)cc2)CC1.CCCNC(N)=NCc1cccc(Br)c1.CCCNC1=NCCN1Cc1cccc(Br)c1.CCC[N+]1(C)CCN(c2ccc(F)cc2)CC1.CN1CCOC(c2ccc(OCCF)c(O)c2)C1.FCCOc1ccc(N2CCCCC2)cc1. The molecule has 137 heavy (non-hydrogen) atoms. The molecule has 0 spiro atoms. The number of anilines is 4. The fourth-order valence-corrected chi connectivity index (χ4v) is 17.0. The van der Waals surface area contributed by atoms with E-state index in [0.717, 1.165) is 196 Å². The van der Waals surface area contributed by atoms with Crippen molar-refractivity contribution in [2.45, 2.75) is 106 Å². The maximum atomic E-state index is 12.9. The highest BCUT2D eigenvalue weighted by Gasteiger charge is 2.29. The van der Waals surface area contributed by atoms with Crippen LogP contribution in [0.5, 0.6) is 34.5 Å². The summed E-state index contributed by atoms with van der Waals surface area (Å²) in [6.07, 6.45) is 7.85. The van der Waals surface area contributed by atoms with E-state index < -0.39 is 33.4 Å². The molecule has 1 unspecified atom stereocenters. The number of aliphatic imine (C=N–C) groups is 2. The molecule has 6 aliphatic heterocycles. The van der Waals surface area contributed by atoms with Crippen LogP contribution in [0, 0.1) is 22.0 Å². The number of nitrogens with two attached hydrogens (primary N) is 1. The van der Waals surface area contributed by atoms with Gasteiger partial charge in [-0.15, -0.1) is 0 Å². The number of phenols is 1. The number of piperidine rings is 1. The number of nitrogens with one attached hydrogen (secondary N) is 5. The average molecular weight is 2120 g/mol. The molecule has 14 rings (SSSR count). The average Bonchev–Trinajstić information content (AvgIpc) is 1.23. The van der Waals surface area contributed by atoms with Gasteiger partial charge in [0.15, 0.2) is 23.4 Å². The number of ether oxygens (including phenoxy) is 6. The molecule has 752 valence electrons. The van der Waals surface area contributed by atoms with Gasteiger partial charge in [-0.2, -0.15) is 0 Å². The number of aromatic hydroxyl groups is 1. The van der Waals surface area contributed by atoms with E-state index in [1.54, 1.807) is 43.3 Å². The molecule has 0 aromatic heterocycles. The molecule has 0 bridgehead atoms. The van der Waals surface area contributed by atoms with Gasteiger partial charge in [-0.25, -0.2) is 31.3 Å². The minimum Gasteiger partial charge on any atom is -0.504 e. The Hall–Kier alpha value is -9.90. The number of nitrogens with zero attached hydrogens (tertiary/aromatic N) is 11. The second kappa shape index (κ2) is 64.4. The van der Waals surface area contributed by atoms with E-state index in [-0.39, 0.29) is 50.7 Å². The molecule has 0 amide bonds. The van der Waals surface area contributed by atoms with Gasteiger partial charge in [-0.05, 0) is 244 Å². The standard InChI is InChI=1S/C14H19BrFN3O.C14H20FN3O.C14H22FN2.C13H18BrN3.C13H18FNO3.C13H18FNO.C11H16BrN3.C11H13ClFNO/c1-11(17)18-5-7-19(8-6-18)12-2-3-14(13(15)10-12)20-9-4-16;1-12(16)17-7-9-18(10-8-17)13-2-4-14(5-3-13)19-11-6-15;1-3-10-17(2)11-8-16(9-12-17)14-6-4-13(15)5-7-14;1-2-6-15-13-16-7-8-17(13)10-11-4-3-5-12(14)9-11;1-15-5-7-18-13(9-15)10-2-3-12(11(16)8-10)17-6-4-14;14-8-11-16-13-6-4-12(5-7-13)15-9-2-1-3-10-15;1-2-6-14-11(13)15-8-9-4-3-5-10(12)7-9;1-8(14)6-9-2-3-11(10(12)7-9)15-5-4-13/h2-3,10,17H,4-9H2,1H3;2-5,16H,6-11H2,1H3;4-7H,3,8-12H2,1-2H3;3-5,9H,2,6-8,10H2,1H3,(H,15,16);2-3,8,13,16H,4-7,9H2,1H3;4-7H,1-3,8-11H2;3-5,7H,2,6,8H2,1H3,(H3,13,14,15);2-3,7,14H,4-6H2,1H3/q;;+1;;;;;. The number of hydrogen-bond acceptors (Lipinski definition) is 19. The molecule has 0 radical (unpaired) electrons. The number of phenolic OH excluding ortho intramolecular Hbond substituents is 1. The van der Waals surface area contributed by atoms with Crippen molar-refractivity contribution in [3.8, 4) is 34.5 Å². The monoisotopic (exact) mass is 2120 g/mol. The summed E-state index contributed by atoms with van der Waals surface area (Å²) in [6.45, 7) is 32.6. The molecule has 6 aliphatic rings. The Morgan fingerprint density at radius 2 is 1.03 bits per heavy atom. The second-order valence-electron chi connectivity index (χ2n) is 33.7. The van der Waals surface area contributed by atoms with Crippen LogP contribution in [0.2, 0.25) is 5.02 Å². The molecule has 8 aromatic rings. The number of piperazine rings is 3. The highest BCUT2D eigenvalue weighted by molar-refractivity contribution is 9.11. The van der Waals surface area contributed by atoms with E-state index in [1.165, 1.54) is 61.1 Å². The third-order valence-electron chi connectivity index (χ3n) is 22.7. The Morgan fingerprint density at radius 3 is 1.53 bits per heavy atom. The number of benzene rings is 8. The molecule has 8 aromatic carbocycles. The van der Waals surface area contributed by atoms with Crippen LogP contribution in [-0.4, -0.2) is 283 Å². The summed E-state index contributed by atoms with van der Waals surface area (Å²) in [5.74, 6) is 5.60. The lowest BCUT2D eigenvalue weighted by molar-refractivity contribution is -0.910. The van der Waals surface area contributed by atoms with Gasteiger partial charge in [0.1, 0.15) is 95.2 Å². The van der Waals surface area contributed by atoms with Crippen molar-refractivity contribution in [2.24, 2.45) is 15.7 Å². The third-order valence-corrected chi connectivity index (χ3v) is 24.6. The number of alkyl halides is 5. The maximum Gasteiger partial charge on any atom is 0.194 e. The van der Waals surface area contributed by atoms with Crippen LogP contribution in [0.3, 0.4) is 0 Å². The van der Waals surface area contributed by atoms with Gasteiger partial charge in [0.25, 0.3) is 0 Å². The van der Waals surface area contributed by atoms with E-state index >= 15 is 0 Å². The Labute approximate surface area is 839 Å². The Balaban J connectivity index is 0.000000214. The molecule has 24 nitrogen and oxygen atoms in total. The summed E-state index contributed by atoms with van der Waals surface area (Å²) in [7, 11) is 4.37. The summed E-state index contributed by atoms with van der Waals surface area (Å²) >= 11 is 16.3. The van der Waals surface area contributed by atoms with Crippen molar-refractivity contribution < 1.29 is 64.4 Å². The smallest absolute Gasteiger partial charge is 0.194 e. The fraction of sp³-hybridized carbons (Fsp3) is 0.485. The van der Waals surface area contributed by atoms with Crippen molar-refractivity contribution in [3.05, 3.63) is 222 Å². The van der Waals surface area contributed by atoms with Crippen molar-refractivity contribution in [2.75, 3.05) is 244 Å². The van der Waals surface area contributed by atoms with Crippen molar-refractivity contribution in [3.63, 3.8) is 0 Å². The van der Waals surface area contributed by atoms with Gasteiger partial charge >= 0.3 is 0 Å². The first-order valence-corrected chi connectivity index (χ1v) is 50.1. The number of morpholine rings is 1. The molecule has 1 atom stereocenters. The first-order chi connectivity index (χ1) is 66.2. The number of halogens is 10. The van der Waals surface area contributed by atoms with E-state index in [1.807, 2.05) is 124 Å². The number of quaternary nitrogens is 1. The lowest BCUT2D eigenvalue weighted by Crippen LogP contribution is -2.57. The third kappa shape index (κ3) is 43.2.